The Balaban J connectivity index is 1.76. The Morgan fingerprint density at radius 2 is 1.80 bits per heavy atom. The number of hydrogen-bond acceptors (Lipinski definition) is 3. The first-order valence-electron chi connectivity index (χ1n) is 7.79. The molecule has 122 valence electrons. The number of carbonyl (C=O) groups excluding carboxylic acids is 1. The van der Waals surface area contributed by atoms with Crippen LogP contribution in [0.3, 0.4) is 0 Å². The van der Waals surface area contributed by atoms with E-state index in [1.807, 2.05) is 36.4 Å². The third kappa shape index (κ3) is 2.81. The highest BCUT2D eigenvalue weighted by molar-refractivity contribution is 6.31. The van der Waals surface area contributed by atoms with Crippen LogP contribution in [0.15, 0.2) is 71.8 Å². The van der Waals surface area contributed by atoms with E-state index in [0.29, 0.717) is 21.5 Å². The summed E-state index contributed by atoms with van der Waals surface area (Å²) in [5.74, 6) is -0.131. The van der Waals surface area contributed by atoms with Crippen molar-refractivity contribution < 1.29 is 4.79 Å². The Morgan fingerprint density at radius 3 is 2.68 bits per heavy atom. The topological polar surface area (TPSA) is 52.0 Å². The van der Waals surface area contributed by atoms with Gasteiger partial charge in [0, 0.05) is 10.6 Å². The lowest BCUT2D eigenvalue weighted by molar-refractivity contribution is 0.0972. The first-order chi connectivity index (χ1) is 12.1. The summed E-state index contributed by atoms with van der Waals surface area (Å²) in [6.45, 7) is -0.0571. The maximum absolute atomic E-state index is 12.8. The molecule has 0 atom stereocenters. The smallest absolute Gasteiger partial charge is 0.261 e. The van der Waals surface area contributed by atoms with Gasteiger partial charge >= 0.3 is 0 Å². The highest BCUT2D eigenvalue weighted by Crippen LogP contribution is 2.19. The normalized spacial score (nSPS) is 11.1. The van der Waals surface area contributed by atoms with Gasteiger partial charge in [0.25, 0.3) is 5.56 Å². The molecule has 0 radical (unpaired) electrons. The molecular formula is C20H13ClN2O2. The van der Waals surface area contributed by atoms with Gasteiger partial charge in [-0.1, -0.05) is 54.1 Å². The average Bonchev–Trinajstić information content (AvgIpc) is 2.63. The first kappa shape index (κ1) is 15.5. The Labute approximate surface area is 148 Å². The maximum Gasteiger partial charge on any atom is 0.261 e. The molecule has 0 saturated carbocycles. The largest absolute Gasteiger partial charge is 0.292 e. The summed E-state index contributed by atoms with van der Waals surface area (Å²) >= 11 is 5.93. The molecule has 0 aliphatic rings. The molecule has 0 spiro atoms. The number of rotatable bonds is 3. The molecule has 0 fully saturated rings. The van der Waals surface area contributed by atoms with Gasteiger partial charge in [0.1, 0.15) is 0 Å². The predicted molar refractivity (Wildman–Crippen MR) is 99.3 cm³/mol. The van der Waals surface area contributed by atoms with Crippen molar-refractivity contribution in [3.63, 3.8) is 0 Å². The van der Waals surface area contributed by atoms with Crippen molar-refractivity contribution in [1.29, 1.82) is 0 Å². The second-order valence-corrected chi connectivity index (χ2v) is 6.23. The fourth-order valence-corrected chi connectivity index (χ4v) is 3.12. The second kappa shape index (κ2) is 6.15. The molecule has 0 unspecified atom stereocenters. The van der Waals surface area contributed by atoms with Crippen LogP contribution in [0.25, 0.3) is 21.7 Å². The van der Waals surface area contributed by atoms with Crippen molar-refractivity contribution in [2.75, 3.05) is 0 Å². The molecule has 0 aliphatic carbocycles. The number of hydrogen-bond donors (Lipinski definition) is 0. The molecule has 3 aromatic carbocycles. The number of Topliss-reactive ketones (excluding diaryl/α,β-unsaturated/α-hetero) is 1. The molecule has 4 aromatic rings. The summed E-state index contributed by atoms with van der Waals surface area (Å²) < 4.78 is 1.33. The zero-order valence-electron chi connectivity index (χ0n) is 13.1. The molecule has 0 amide bonds. The molecule has 1 heterocycles. The van der Waals surface area contributed by atoms with Crippen LogP contribution in [0.5, 0.6) is 0 Å². The number of aromatic nitrogens is 2. The van der Waals surface area contributed by atoms with Gasteiger partial charge in [-0.15, -0.1) is 0 Å². The lowest BCUT2D eigenvalue weighted by Gasteiger charge is -2.08. The van der Waals surface area contributed by atoms with Crippen LogP contribution in [0.2, 0.25) is 5.02 Å². The molecule has 1 aromatic heterocycles. The van der Waals surface area contributed by atoms with Gasteiger partial charge < -0.3 is 0 Å². The van der Waals surface area contributed by atoms with Crippen molar-refractivity contribution >= 4 is 39.1 Å². The average molecular weight is 349 g/mol. The van der Waals surface area contributed by atoms with Crippen molar-refractivity contribution in [1.82, 2.24) is 9.55 Å². The van der Waals surface area contributed by atoms with Crippen LogP contribution in [-0.4, -0.2) is 15.3 Å². The van der Waals surface area contributed by atoms with Crippen LogP contribution in [-0.2, 0) is 6.54 Å². The third-order valence-corrected chi connectivity index (χ3v) is 4.43. The molecule has 0 saturated heterocycles. The zero-order valence-corrected chi connectivity index (χ0v) is 13.9. The van der Waals surface area contributed by atoms with Gasteiger partial charge in [-0.25, -0.2) is 4.98 Å². The summed E-state index contributed by atoms with van der Waals surface area (Å²) in [5, 5.41) is 2.83. The fraction of sp³-hybridized carbons (Fsp3) is 0.0500. The maximum atomic E-state index is 12.8. The minimum absolute atomic E-state index is 0.0571. The summed E-state index contributed by atoms with van der Waals surface area (Å²) in [6.07, 6.45) is 1.39. The van der Waals surface area contributed by atoms with E-state index < -0.39 is 0 Å². The van der Waals surface area contributed by atoms with E-state index in [1.54, 1.807) is 24.3 Å². The SMILES string of the molecule is O=C(Cn1cnc2cc(Cl)ccc2c1=O)c1cccc2ccccc12. The fourth-order valence-electron chi connectivity index (χ4n) is 2.95. The molecular weight excluding hydrogens is 336 g/mol. The summed E-state index contributed by atoms with van der Waals surface area (Å²) in [5.41, 5.74) is 0.864. The molecule has 25 heavy (non-hydrogen) atoms. The second-order valence-electron chi connectivity index (χ2n) is 5.79. The number of halogens is 1. The number of benzene rings is 3. The van der Waals surface area contributed by atoms with Gasteiger partial charge in [0.15, 0.2) is 5.78 Å². The summed E-state index contributed by atoms with van der Waals surface area (Å²) in [4.78, 5) is 29.6. The highest BCUT2D eigenvalue weighted by Gasteiger charge is 2.13. The van der Waals surface area contributed by atoms with E-state index >= 15 is 0 Å². The van der Waals surface area contributed by atoms with E-state index in [2.05, 4.69) is 4.98 Å². The van der Waals surface area contributed by atoms with Gasteiger partial charge in [-0.2, -0.15) is 0 Å². The number of carbonyl (C=O) groups is 1. The van der Waals surface area contributed by atoms with Crippen molar-refractivity contribution in [3.05, 3.63) is 87.9 Å². The van der Waals surface area contributed by atoms with Crippen molar-refractivity contribution in [2.24, 2.45) is 0 Å². The van der Waals surface area contributed by atoms with Crippen LogP contribution >= 0.6 is 11.6 Å². The van der Waals surface area contributed by atoms with Crippen molar-refractivity contribution in [2.45, 2.75) is 6.54 Å². The Hall–Kier alpha value is -2.98. The minimum Gasteiger partial charge on any atom is -0.292 e. The van der Waals surface area contributed by atoms with E-state index in [-0.39, 0.29) is 17.9 Å². The van der Waals surface area contributed by atoms with Gasteiger partial charge in [0.05, 0.1) is 23.8 Å². The number of fused-ring (bicyclic) bond motifs is 2. The molecule has 0 aliphatic heterocycles. The van der Waals surface area contributed by atoms with Gasteiger partial charge in [-0.3, -0.25) is 14.2 Å². The predicted octanol–water partition coefficient (Wildman–Crippen LogP) is 4.09. The van der Waals surface area contributed by atoms with Gasteiger partial charge in [-0.05, 0) is 29.0 Å². The van der Waals surface area contributed by atoms with E-state index in [9.17, 15) is 9.59 Å². The van der Waals surface area contributed by atoms with Crippen LogP contribution in [0.1, 0.15) is 10.4 Å². The third-order valence-electron chi connectivity index (χ3n) is 4.19. The zero-order chi connectivity index (χ0) is 17.4. The lowest BCUT2D eigenvalue weighted by atomic mass is 10.0. The van der Waals surface area contributed by atoms with Gasteiger partial charge in [0.2, 0.25) is 0 Å². The summed E-state index contributed by atoms with van der Waals surface area (Å²) in [7, 11) is 0. The minimum atomic E-state index is -0.254. The van der Waals surface area contributed by atoms with E-state index in [1.165, 1.54) is 10.9 Å². The Kier molecular flexibility index (Phi) is 3.82. The quantitative estimate of drug-likeness (QED) is 0.524. The number of nitrogens with zero attached hydrogens (tertiary/aromatic N) is 2. The van der Waals surface area contributed by atoms with Crippen LogP contribution in [0.4, 0.5) is 0 Å². The Bertz CT molecular complexity index is 1180. The van der Waals surface area contributed by atoms with Crippen molar-refractivity contribution in [3.8, 4) is 0 Å². The monoisotopic (exact) mass is 348 g/mol. The highest BCUT2D eigenvalue weighted by atomic mass is 35.5. The van der Waals surface area contributed by atoms with Crippen LogP contribution < -0.4 is 5.56 Å². The molecule has 4 nitrogen and oxygen atoms in total. The van der Waals surface area contributed by atoms with E-state index in [0.717, 1.165) is 10.8 Å². The van der Waals surface area contributed by atoms with Crippen LogP contribution in [0, 0.1) is 0 Å². The molecule has 5 heteroatoms. The standard InChI is InChI=1S/C20H13ClN2O2/c21-14-8-9-17-18(10-14)22-12-23(20(17)25)11-19(24)16-7-3-5-13-4-1-2-6-15(13)16/h1-10,12H,11H2. The molecule has 0 bridgehead atoms. The summed E-state index contributed by atoms with van der Waals surface area (Å²) in [6, 6.07) is 18.2. The first-order valence-corrected chi connectivity index (χ1v) is 8.17. The lowest BCUT2D eigenvalue weighted by Crippen LogP contribution is -2.24. The molecule has 4 rings (SSSR count). The van der Waals surface area contributed by atoms with E-state index in [4.69, 9.17) is 11.6 Å². The molecule has 0 N–H and O–H groups in total. The Morgan fingerprint density at radius 1 is 1.00 bits per heavy atom. The number of ketones is 1.